The molecule has 1 aromatic rings. The molecule has 0 aromatic heterocycles. The third-order valence-corrected chi connectivity index (χ3v) is 2.89. The summed E-state index contributed by atoms with van der Waals surface area (Å²) < 4.78 is 6.01. The summed E-state index contributed by atoms with van der Waals surface area (Å²) in [5.74, 6) is 0.857. The molecule has 0 bridgehead atoms. The highest BCUT2D eigenvalue weighted by atomic mass is 16.5. The van der Waals surface area contributed by atoms with E-state index in [9.17, 15) is 0 Å². The van der Waals surface area contributed by atoms with Crippen LogP contribution >= 0.6 is 0 Å². The van der Waals surface area contributed by atoms with Gasteiger partial charge in [-0.2, -0.15) is 0 Å². The molecule has 1 atom stereocenters. The van der Waals surface area contributed by atoms with Crippen molar-refractivity contribution in [3.63, 3.8) is 0 Å². The lowest BCUT2D eigenvalue weighted by Crippen LogP contribution is -2.48. The highest BCUT2D eigenvalue weighted by molar-refractivity contribution is 5.78. The summed E-state index contributed by atoms with van der Waals surface area (Å²) >= 11 is 0. The smallest absolute Gasteiger partial charge is 0.222 e. The Hall–Kier alpha value is -1.77. The average molecular weight is 200 g/mol. The van der Waals surface area contributed by atoms with Gasteiger partial charge >= 0.3 is 0 Å². The molecule has 1 unspecified atom stereocenters. The van der Waals surface area contributed by atoms with Crippen molar-refractivity contribution in [1.29, 1.82) is 0 Å². The summed E-state index contributed by atoms with van der Waals surface area (Å²) in [4.78, 5) is 6.50. The van der Waals surface area contributed by atoms with Gasteiger partial charge in [0.1, 0.15) is 11.4 Å². The van der Waals surface area contributed by atoms with Crippen LogP contribution in [0.3, 0.4) is 0 Å². The Balaban J connectivity index is 2.02. The van der Waals surface area contributed by atoms with Gasteiger partial charge in [-0.25, -0.2) is 0 Å². The number of nitrogens with zero attached hydrogens (tertiary/aromatic N) is 2. The zero-order valence-corrected chi connectivity index (χ0v) is 8.55. The number of benzene rings is 1. The molecule has 2 aliphatic heterocycles. The minimum absolute atomic E-state index is 0.394. The molecular weight excluding hydrogens is 188 g/mol. The molecule has 0 saturated heterocycles. The van der Waals surface area contributed by atoms with Crippen LogP contribution in [0.2, 0.25) is 0 Å². The molecule has 3 nitrogen and oxygen atoms in total. The number of hydrogen-bond donors (Lipinski definition) is 0. The fourth-order valence-corrected chi connectivity index (χ4v) is 1.94. The van der Waals surface area contributed by atoms with E-state index in [0.29, 0.717) is 0 Å². The first-order valence-electron chi connectivity index (χ1n) is 5.03. The first-order valence-corrected chi connectivity index (χ1v) is 5.03. The third-order valence-electron chi connectivity index (χ3n) is 2.89. The van der Waals surface area contributed by atoms with Gasteiger partial charge in [0.15, 0.2) is 0 Å². The number of rotatable bonds is 0. The van der Waals surface area contributed by atoms with E-state index in [1.165, 1.54) is 0 Å². The van der Waals surface area contributed by atoms with Gasteiger partial charge in [0, 0.05) is 13.5 Å². The van der Waals surface area contributed by atoms with Gasteiger partial charge < -0.3 is 9.64 Å². The summed E-state index contributed by atoms with van der Waals surface area (Å²) in [5.41, 5.74) is 0.511. The molecule has 2 heterocycles. The Kier molecular flexibility index (Phi) is 1.63. The van der Waals surface area contributed by atoms with E-state index in [4.69, 9.17) is 4.74 Å². The summed E-state index contributed by atoms with van der Waals surface area (Å²) in [5, 5.41) is 0. The van der Waals surface area contributed by atoms with Crippen molar-refractivity contribution in [3.05, 3.63) is 36.5 Å². The number of para-hydroxylation sites is 2. The van der Waals surface area contributed by atoms with Crippen molar-refractivity contribution >= 4 is 11.9 Å². The van der Waals surface area contributed by atoms with E-state index in [-0.39, 0.29) is 0 Å². The fraction of sp³-hybridized carbons (Fsp3) is 0.250. The highest BCUT2D eigenvalue weighted by Gasteiger charge is 2.38. The largest absolute Gasteiger partial charge is 0.460 e. The normalized spacial score (nSPS) is 26.9. The van der Waals surface area contributed by atoms with Gasteiger partial charge in [0.2, 0.25) is 5.72 Å². The summed E-state index contributed by atoms with van der Waals surface area (Å²) in [6, 6.07) is 7.85. The van der Waals surface area contributed by atoms with E-state index >= 15 is 0 Å². The molecule has 1 spiro atoms. The predicted molar refractivity (Wildman–Crippen MR) is 59.5 cm³/mol. The van der Waals surface area contributed by atoms with E-state index in [1.807, 2.05) is 48.6 Å². The molecule has 1 aromatic carbocycles. The van der Waals surface area contributed by atoms with E-state index in [1.54, 1.807) is 0 Å². The molecule has 15 heavy (non-hydrogen) atoms. The van der Waals surface area contributed by atoms with Gasteiger partial charge in [0.05, 0.1) is 6.21 Å². The second-order valence-electron chi connectivity index (χ2n) is 3.87. The molecule has 76 valence electrons. The van der Waals surface area contributed by atoms with Gasteiger partial charge in [-0.1, -0.05) is 18.2 Å². The maximum absolute atomic E-state index is 6.01. The van der Waals surface area contributed by atoms with Crippen LogP contribution in [-0.4, -0.2) is 23.9 Å². The molecule has 0 fully saturated rings. The number of fused-ring (bicyclic) bond motifs is 1. The molecule has 3 heteroatoms. The van der Waals surface area contributed by atoms with Gasteiger partial charge in [0.25, 0.3) is 0 Å². The van der Waals surface area contributed by atoms with Crippen molar-refractivity contribution in [3.8, 4) is 5.75 Å². The van der Waals surface area contributed by atoms with E-state index in [2.05, 4.69) is 11.1 Å². The Labute approximate surface area is 88.7 Å². The van der Waals surface area contributed by atoms with Crippen LogP contribution in [-0.2, 0) is 0 Å². The van der Waals surface area contributed by atoms with Crippen molar-refractivity contribution in [1.82, 2.24) is 4.90 Å². The zero-order chi connectivity index (χ0) is 10.3. The van der Waals surface area contributed by atoms with E-state index in [0.717, 1.165) is 17.9 Å². The van der Waals surface area contributed by atoms with Crippen molar-refractivity contribution in [2.75, 3.05) is 7.05 Å². The minimum Gasteiger partial charge on any atom is -0.460 e. The fourth-order valence-electron chi connectivity index (χ4n) is 1.94. The molecule has 0 amide bonds. The van der Waals surface area contributed by atoms with Gasteiger partial charge in [-0.05, 0) is 18.3 Å². The summed E-state index contributed by atoms with van der Waals surface area (Å²) in [7, 11) is 2.00. The van der Waals surface area contributed by atoms with Crippen LogP contribution in [0, 0.1) is 0 Å². The van der Waals surface area contributed by atoms with Crippen molar-refractivity contribution < 1.29 is 4.74 Å². The second kappa shape index (κ2) is 2.86. The van der Waals surface area contributed by atoms with Crippen LogP contribution in [0.25, 0.3) is 0 Å². The quantitative estimate of drug-likeness (QED) is 0.642. The molecule has 0 N–H and O–H groups in total. The van der Waals surface area contributed by atoms with Crippen LogP contribution in [0.4, 0.5) is 5.69 Å². The average Bonchev–Trinajstić information content (AvgIpc) is 2.60. The SMILES string of the molecule is CN1C=CCC12C=Nc1ccccc1O2. The maximum atomic E-state index is 6.01. The first kappa shape index (κ1) is 8.53. The topological polar surface area (TPSA) is 24.8 Å². The molecule has 2 aliphatic rings. The van der Waals surface area contributed by atoms with Crippen LogP contribution in [0.15, 0.2) is 41.5 Å². The minimum atomic E-state index is -0.394. The number of aliphatic imine (C=N–C) groups is 1. The second-order valence-corrected chi connectivity index (χ2v) is 3.87. The maximum Gasteiger partial charge on any atom is 0.222 e. The Bertz CT molecular complexity index is 453. The standard InChI is InChI=1S/C12H12N2O/c1-14-8-4-7-12(14)9-13-10-5-2-3-6-11(10)15-12/h2-6,8-9H,7H2,1H3. The monoisotopic (exact) mass is 200 g/mol. The van der Waals surface area contributed by atoms with Crippen LogP contribution in [0.1, 0.15) is 6.42 Å². The molecule has 3 rings (SSSR count). The number of hydrogen-bond acceptors (Lipinski definition) is 3. The van der Waals surface area contributed by atoms with Crippen molar-refractivity contribution in [2.24, 2.45) is 4.99 Å². The lowest BCUT2D eigenvalue weighted by atomic mass is 10.1. The Morgan fingerprint density at radius 3 is 3.07 bits per heavy atom. The lowest BCUT2D eigenvalue weighted by molar-refractivity contribution is 0.0385. The molecule has 0 saturated carbocycles. The predicted octanol–water partition coefficient (Wildman–Crippen LogP) is 2.33. The Morgan fingerprint density at radius 2 is 2.27 bits per heavy atom. The summed E-state index contributed by atoms with van der Waals surface area (Å²) in [6.07, 6.45) is 6.86. The molecule has 0 radical (unpaired) electrons. The van der Waals surface area contributed by atoms with Crippen LogP contribution in [0.5, 0.6) is 5.75 Å². The first-order chi connectivity index (χ1) is 7.30. The van der Waals surface area contributed by atoms with Gasteiger partial charge in [-0.15, -0.1) is 0 Å². The van der Waals surface area contributed by atoms with Crippen molar-refractivity contribution in [2.45, 2.75) is 12.1 Å². The van der Waals surface area contributed by atoms with Gasteiger partial charge in [-0.3, -0.25) is 4.99 Å². The zero-order valence-electron chi connectivity index (χ0n) is 8.55. The summed E-state index contributed by atoms with van der Waals surface area (Å²) in [6.45, 7) is 0. The highest BCUT2D eigenvalue weighted by Crippen LogP contribution is 2.37. The van der Waals surface area contributed by atoms with Crippen LogP contribution < -0.4 is 4.74 Å². The Morgan fingerprint density at radius 1 is 1.40 bits per heavy atom. The molecular formula is C12H12N2O. The third kappa shape index (κ3) is 1.16. The van der Waals surface area contributed by atoms with E-state index < -0.39 is 5.72 Å². The molecule has 0 aliphatic carbocycles. The number of ether oxygens (including phenoxy) is 1. The lowest BCUT2D eigenvalue weighted by Gasteiger charge is -2.36.